The quantitative estimate of drug-likeness (QED) is 0.710. The molecule has 3 heteroatoms. The molecule has 3 nitrogen and oxygen atoms in total. The molecule has 0 aromatic carbocycles. The second kappa shape index (κ2) is 5.41. The van der Waals surface area contributed by atoms with E-state index in [1.54, 1.807) is 12.4 Å². The first-order valence-corrected chi connectivity index (χ1v) is 5.42. The van der Waals surface area contributed by atoms with Gasteiger partial charge in [0.05, 0.1) is 11.5 Å². The van der Waals surface area contributed by atoms with Crippen LogP contribution in [-0.2, 0) is 10.2 Å². The molecule has 1 atom stereocenters. The number of carbonyl (C=O) groups is 1. The highest BCUT2D eigenvalue weighted by Gasteiger charge is 2.35. The highest BCUT2D eigenvalue weighted by Crippen LogP contribution is 2.35. The second-order valence-corrected chi connectivity index (χ2v) is 4.18. The Hall–Kier alpha value is -1.69. The van der Waals surface area contributed by atoms with Crippen LogP contribution in [0, 0.1) is 17.2 Å². The summed E-state index contributed by atoms with van der Waals surface area (Å²) in [5.41, 5.74) is 0.296. The van der Waals surface area contributed by atoms with Crippen molar-refractivity contribution in [3.63, 3.8) is 0 Å². The van der Waals surface area contributed by atoms with Crippen LogP contribution in [0.15, 0.2) is 24.5 Å². The molecule has 1 aromatic rings. The van der Waals surface area contributed by atoms with Crippen molar-refractivity contribution < 1.29 is 4.79 Å². The molecule has 0 aliphatic rings. The molecular weight excluding hydrogens is 200 g/mol. The molecule has 0 amide bonds. The molecule has 0 saturated heterocycles. The number of carbonyl (C=O) groups excluding carboxylic acids is 1. The van der Waals surface area contributed by atoms with E-state index in [1.807, 2.05) is 26.0 Å². The Balaban J connectivity index is 3.13. The number of nitrogens with zero attached hydrogens (tertiary/aromatic N) is 2. The van der Waals surface area contributed by atoms with E-state index in [4.69, 9.17) is 0 Å². The van der Waals surface area contributed by atoms with Gasteiger partial charge in [-0.15, -0.1) is 0 Å². The Bertz CT molecular complexity index is 381. The smallest absolute Gasteiger partial charge is 0.120 e. The third-order valence-corrected chi connectivity index (χ3v) is 3.02. The Labute approximate surface area is 96.1 Å². The molecule has 0 bridgehead atoms. The normalized spacial score (nSPS) is 14.1. The molecule has 0 aliphatic heterocycles. The number of pyridine rings is 1. The lowest BCUT2D eigenvalue weighted by molar-refractivity contribution is -0.108. The van der Waals surface area contributed by atoms with E-state index in [0.717, 1.165) is 11.8 Å². The van der Waals surface area contributed by atoms with E-state index in [0.29, 0.717) is 12.8 Å². The zero-order valence-corrected chi connectivity index (χ0v) is 9.68. The Morgan fingerprint density at radius 2 is 2.38 bits per heavy atom. The van der Waals surface area contributed by atoms with Crippen LogP contribution in [0.4, 0.5) is 0 Å². The molecule has 1 heterocycles. The minimum absolute atomic E-state index is 0.154. The summed E-state index contributed by atoms with van der Waals surface area (Å²) in [5, 5.41) is 9.43. The molecule has 1 unspecified atom stereocenters. The van der Waals surface area contributed by atoms with Crippen LogP contribution in [0.25, 0.3) is 0 Å². The maximum Gasteiger partial charge on any atom is 0.120 e. The predicted molar refractivity (Wildman–Crippen MR) is 61.7 cm³/mol. The minimum atomic E-state index is -0.602. The monoisotopic (exact) mass is 216 g/mol. The van der Waals surface area contributed by atoms with Gasteiger partial charge in [-0.05, 0) is 24.0 Å². The predicted octanol–water partition coefficient (Wildman–Crippen LogP) is 2.48. The zero-order chi connectivity index (χ0) is 12.0. The van der Waals surface area contributed by atoms with Crippen molar-refractivity contribution in [1.82, 2.24) is 4.98 Å². The van der Waals surface area contributed by atoms with E-state index in [9.17, 15) is 10.1 Å². The average molecular weight is 216 g/mol. The molecule has 0 saturated carbocycles. The molecule has 0 fully saturated rings. The summed E-state index contributed by atoms with van der Waals surface area (Å²) in [7, 11) is 0. The van der Waals surface area contributed by atoms with E-state index < -0.39 is 5.41 Å². The van der Waals surface area contributed by atoms with Crippen molar-refractivity contribution in [3.8, 4) is 6.07 Å². The van der Waals surface area contributed by atoms with Gasteiger partial charge in [-0.2, -0.15) is 5.26 Å². The molecule has 1 rings (SSSR count). The fourth-order valence-electron chi connectivity index (χ4n) is 1.93. The van der Waals surface area contributed by atoms with Gasteiger partial charge in [-0.1, -0.05) is 19.9 Å². The lowest BCUT2D eigenvalue weighted by atomic mass is 9.70. The van der Waals surface area contributed by atoms with Crippen LogP contribution in [0.5, 0.6) is 0 Å². The van der Waals surface area contributed by atoms with Gasteiger partial charge in [0.1, 0.15) is 6.29 Å². The summed E-state index contributed by atoms with van der Waals surface area (Å²) >= 11 is 0. The third kappa shape index (κ3) is 2.27. The summed E-state index contributed by atoms with van der Waals surface area (Å²) in [5.74, 6) is 0.154. The van der Waals surface area contributed by atoms with Crippen LogP contribution in [0.3, 0.4) is 0 Å². The summed E-state index contributed by atoms with van der Waals surface area (Å²) in [6.07, 6.45) is 5.22. The fourth-order valence-corrected chi connectivity index (χ4v) is 1.93. The van der Waals surface area contributed by atoms with Crippen LogP contribution in [0.2, 0.25) is 0 Å². The zero-order valence-electron chi connectivity index (χ0n) is 9.68. The summed E-state index contributed by atoms with van der Waals surface area (Å²) in [6, 6.07) is 6.10. The molecular formula is C13H16N2O. The van der Waals surface area contributed by atoms with Gasteiger partial charge in [-0.3, -0.25) is 4.98 Å². The van der Waals surface area contributed by atoms with Crippen molar-refractivity contribution >= 4 is 6.29 Å². The number of rotatable bonds is 5. The Kier molecular flexibility index (Phi) is 4.19. The Morgan fingerprint density at radius 3 is 2.81 bits per heavy atom. The SMILES string of the molecule is CC(C)C(C#N)(CCC=O)c1cccnc1. The van der Waals surface area contributed by atoms with Gasteiger partial charge in [0.25, 0.3) is 0 Å². The molecule has 16 heavy (non-hydrogen) atoms. The standard InChI is InChI=1S/C13H16N2O/c1-11(2)13(10-14,6-4-8-16)12-5-3-7-15-9-12/h3,5,7-9,11H,4,6H2,1-2H3. The lowest BCUT2D eigenvalue weighted by Gasteiger charge is -2.30. The third-order valence-electron chi connectivity index (χ3n) is 3.02. The number of hydrogen-bond acceptors (Lipinski definition) is 3. The highest BCUT2D eigenvalue weighted by molar-refractivity contribution is 5.50. The lowest BCUT2D eigenvalue weighted by Crippen LogP contribution is -2.31. The molecule has 0 spiro atoms. The minimum Gasteiger partial charge on any atom is -0.303 e. The van der Waals surface area contributed by atoms with E-state index in [1.165, 1.54) is 0 Å². The van der Waals surface area contributed by atoms with Gasteiger partial charge in [0.2, 0.25) is 0 Å². The summed E-state index contributed by atoms with van der Waals surface area (Å²) in [4.78, 5) is 14.5. The average Bonchev–Trinajstić information content (AvgIpc) is 2.31. The van der Waals surface area contributed by atoms with Crippen molar-refractivity contribution in [2.24, 2.45) is 5.92 Å². The van der Waals surface area contributed by atoms with Crippen molar-refractivity contribution in [2.75, 3.05) is 0 Å². The first-order chi connectivity index (χ1) is 7.67. The van der Waals surface area contributed by atoms with Crippen molar-refractivity contribution in [2.45, 2.75) is 32.1 Å². The number of nitriles is 1. The first-order valence-electron chi connectivity index (χ1n) is 5.42. The maximum absolute atomic E-state index is 10.5. The molecule has 84 valence electrons. The fraction of sp³-hybridized carbons (Fsp3) is 0.462. The van der Waals surface area contributed by atoms with Crippen molar-refractivity contribution in [3.05, 3.63) is 30.1 Å². The first kappa shape index (κ1) is 12.4. The van der Waals surface area contributed by atoms with Crippen LogP contribution in [0.1, 0.15) is 32.3 Å². The van der Waals surface area contributed by atoms with Crippen molar-refractivity contribution in [1.29, 1.82) is 5.26 Å². The summed E-state index contributed by atoms with van der Waals surface area (Å²) in [6.45, 7) is 4.00. The Morgan fingerprint density at radius 1 is 1.62 bits per heavy atom. The largest absolute Gasteiger partial charge is 0.303 e. The van der Waals surface area contributed by atoms with Gasteiger partial charge in [0, 0.05) is 18.8 Å². The number of aromatic nitrogens is 1. The maximum atomic E-state index is 10.5. The van der Waals surface area contributed by atoms with Gasteiger partial charge in [-0.25, -0.2) is 0 Å². The van der Waals surface area contributed by atoms with Crippen LogP contribution in [-0.4, -0.2) is 11.3 Å². The number of hydrogen-bond donors (Lipinski definition) is 0. The molecule has 1 aromatic heterocycles. The van der Waals surface area contributed by atoms with Gasteiger partial charge < -0.3 is 4.79 Å². The second-order valence-electron chi connectivity index (χ2n) is 4.18. The van der Waals surface area contributed by atoms with Crippen LogP contribution < -0.4 is 0 Å². The molecule has 0 radical (unpaired) electrons. The topological polar surface area (TPSA) is 53.8 Å². The molecule has 0 aliphatic carbocycles. The highest BCUT2D eigenvalue weighted by atomic mass is 16.1. The van der Waals surface area contributed by atoms with E-state index in [-0.39, 0.29) is 5.92 Å². The molecule has 0 N–H and O–H groups in total. The van der Waals surface area contributed by atoms with Gasteiger partial charge in [0.15, 0.2) is 0 Å². The van der Waals surface area contributed by atoms with Gasteiger partial charge >= 0.3 is 0 Å². The van der Waals surface area contributed by atoms with E-state index >= 15 is 0 Å². The summed E-state index contributed by atoms with van der Waals surface area (Å²) < 4.78 is 0. The number of aldehydes is 1. The van der Waals surface area contributed by atoms with E-state index in [2.05, 4.69) is 11.1 Å². The van der Waals surface area contributed by atoms with Crippen LogP contribution >= 0.6 is 0 Å².